The van der Waals surface area contributed by atoms with E-state index in [0.717, 1.165) is 4.68 Å². The van der Waals surface area contributed by atoms with E-state index < -0.39 is 18.4 Å². The molecule has 1 aromatic rings. The maximum Gasteiger partial charge on any atom is 0.323 e. The van der Waals surface area contributed by atoms with Gasteiger partial charge in [-0.2, -0.15) is 5.10 Å². The molecule has 21 heavy (non-hydrogen) atoms. The van der Waals surface area contributed by atoms with Crippen LogP contribution in [0.1, 0.15) is 23.8 Å². The van der Waals surface area contributed by atoms with Crippen LogP contribution < -0.4 is 5.56 Å². The van der Waals surface area contributed by atoms with Crippen molar-refractivity contribution < 1.29 is 19.4 Å². The smallest absolute Gasteiger partial charge is 0.323 e. The molecule has 0 atom stereocenters. The third kappa shape index (κ3) is 4.99. The number of rotatable bonds is 8. The Kier molecular flexibility index (Phi) is 6.54. The first kappa shape index (κ1) is 16.8. The van der Waals surface area contributed by atoms with E-state index in [1.807, 2.05) is 6.92 Å². The molecule has 0 aliphatic rings. The van der Waals surface area contributed by atoms with Crippen molar-refractivity contribution in [2.24, 2.45) is 0 Å². The van der Waals surface area contributed by atoms with Crippen LogP contribution in [-0.4, -0.2) is 58.5 Å². The number of nitrogens with zero attached hydrogens (tertiary/aromatic N) is 3. The fourth-order valence-electron chi connectivity index (χ4n) is 1.75. The maximum atomic E-state index is 12.3. The molecule has 0 aliphatic carbocycles. The number of carbonyl (C=O) groups excluding carboxylic acids is 1. The molecule has 0 aromatic carbocycles. The number of hydrogen-bond donors (Lipinski definition) is 1. The number of carboxylic acids is 1. The van der Waals surface area contributed by atoms with Crippen LogP contribution in [0.15, 0.2) is 16.9 Å². The lowest BCUT2D eigenvalue weighted by Gasteiger charge is -2.19. The van der Waals surface area contributed by atoms with Gasteiger partial charge in [0.25, 0.3) is 11.5 Å². The quantitative estimate of drug-likeness (QED) is 0.714. The molecule has 8 nitrogen and oxygen atoms in total. The van der Waals surface area contributed by atoms with Crippen molar-refractivity contribution in [3.8, 4) is 0 Å². The highest BCUT2D eigenvalue weighted by Crippen LogP contribution is 2.01. The van der Waals surface area contributed by atoms with Crippen molar-refractivity contribution in [1.82, 2.24) is 14.7 Å². The van der Waals surface area contributed by atoms with Gasteiger partial charge in [0.2, 0.25) is 0 Å². The second kappa shape index (κ2) is 8.15. The average molecular weight is 297 g/mol. The fraction of sp³-hybridized carbons (Fsp3) is 0.538. The van der Waals surface area contributed by atoms with Gasteiger partial charge in [0, 0.05) is 19.7 Å². The van der Waals surface area contributed by atoms with Gasteiger partial charge < -0.3 is 14.7 Å². The SMILES string of the molecule is CCCN(CC(=O)O)C(=O)c1ccc(=O)n(CCOC)n1. The molecule has 1 amide bonds. The van der Waals surface area contributed by atoms with Crippen LogP contribution in [0.3, 0.4) is 0 Å². The van der Waals surface area contributed by atoms with E-state index in [1.165, 1.54) is 24.1 Å². The van der Waals surface area contributed by atoms with Crippen molar-refractivity contribution in [2.45, 2.75) is 19.9 Å². The molecular weight excluding hydrogens is 278 g/mol. The molecular formula is C13H19N3O5. The summed E-state index contributed by atoms with van der Waals surface area (Å²) in [6.07, 6.45) is 0.627. The predicted molar refractivity (Wildman–Crippen MR) is 74.2 cm³/mol. The highest BCUT2D eigenvalue weighted by molar-refractivity contribution is 5.93. The summed E-state index contributed by atoms with van der Waals surface area (Å²) in [7, 11) is 1.50. The Bertz CT molecular complexity index is 555. The molecule has 0 radical (unpaired) electrons. The van der Waals surface area contributed by atoms with E-state index in [0.29, 0.717) is 19.6 Å². The van der Waals surface area contributed by atoms with Crippen molar-refractivity contribution in [1.29, 1.82) is 0 Å². The Morgan fingerprint density at radius 3 is 2.71 bits per heavy atom. The molecule has 1 aromatic heterocycles. The molecule has 0 aliphatic heterocycles. The zero-order chi connectivity index (χ0) is 15.8. The first-order valence-electron chi connectivity index (χ1n) is 6.57. The zero-order valence-electron chi connectivity index (χ0n) is 12.1. The topological polar surface area (TPSA) is 102 Å². The van der Waals surface area contributed by atoms with Gasteiger partial charge in [-0.15, -0.1) is 0 Å². The van der Waals surface area contributed by atoms with E-state index in [2.05, 4.69) is 5.10 Å². The number of ether oxygens (including phenoxy) is 1. The first-order chi connectivity index (χ1) is 9.99. The average Bonchev–Trinajstić information content (AvgIpc) is 2.45. The molecule has 0 unspecified atom stereocenters. The van der Waals surface area contributed by atoms with Gasteiger partial charge in [-0.3, -0.25) is 14.4 Å². The van der Waals surface area contributed by atoms with Gasteiger partial charge in [0.05, 0.1) is 13.2 Å². The molecule has 8 heteroatoms. The fourth-order valence-corrected chi connectivity index (χ4v) is 1.75. The van der Waals surface area contributed by atoms with Crippen LogP contribution in [0.2, 0.25) is 0 Å². The van der Waals surface area contributed by atoms with Crippen LogP contribution in [0, 0.1) is 0 Å². The van der Waals surface area contributed by atoms with Crippen molar-refractivity contribution in [3.63, 3.8) is 0 Å². The molecule has 0 saturated heterocycles. The standard InChI is InChI=1S/C13H19N3O5/c1-3-6-15(9-12(18)19)13(20)10-4-5-11(17)16(14-10)7-8-21-2/h4-5H,3,6-9H2,1-2H3,(H,18,19). The molecule has 0 bridgehead atoms. The molecule has 0 saturated carbocycles. The minimum atomic E-state index is -1.09. The van der Waals surface area contributed by atoms with Gasteiger partial charge in [-0.25, -0.2) is 4.68 Å². The number of carbonyl (C=O) groups is 2. The summed E-state index contributed by atoms with van der Waals surface area (Å²) in [6.45, 7) is 2.27. The van der Waals surface area contributed by atoms with Crippen molar-refractivity contribution in [2.75, 3.05) is 26.8 Å². The summed E-state index contributed by atoms with van der Waals surface area (Å²) in [6, 6.07) is 2.54. The van der Waals surface area contributed by atoms with E-state index in [9.17, 15) is 14.4 Å². The number of aliphatic carboxylic acids is 1. The van der Waals surface area contributed by atoms with Gasteiger partial charge in [0.15, 0.2) is 0 Å². The molecule has 1 N–H and O–H groups in total. The van der Waals surface area contributed by atoms with Gasteiger partial charge in [-0.1, -0.05) is 6.92 Å². The highest BCUT2D eigenvalue weighted by atomic mass is 16.5. The van der Waals surface area contributed by atoms with Gasteiger partial charge in [-0.05, 0) is 12.5 Å². The van der Waals surface area contributed by atoms with Gasteiger partial charge >= 0.3 is 5.97 Å². The van der Waals surface area contributed by atoms with E-state index in [1.54, 1.807) is 0 Å². The number of aromatic nitrogens is 2. The number of amides is 1. The second-order valence-corrected chi connectivity index (χ2v) is 4.39. The Hall–Kier alpha value is -2.22. The van der Waals surface area contributed by atoms with Crippen LogP contribution in [0.5, 0.6) is 0 Å². The third-order valence-electron chi connectivity index (χ3n) is 2.70. The molecule has 116 valence electrons. The lowest BCUT2D eigenvalue weighted by Crippen LogP contribution is -2.38. The summed E-state index contributed by atoms with van der Waals surface area (Å²) in [4.78, 5) is 35.8. The van der Waals surface area contributed by atoms with Crippen LogP contribution >= 0.6 is 0 Å². The normalized spacial score (nSPS) is 10.4. The second-order valence-electron chi connectivity index (χ2n) is 4.39. The zero-order valence-corrected chi connectivity index (χ0v) is 12.1. The summed E-state index contributed by atoms with van der Waals surface area (Å²) in [5, 5.41) is 12.8. The van der Waals surface area contributed by atoms with E-state index >= 15 is 0 Å². The summed E-state index contributed by atoms with van der Waals surface area (Å²) in [5.74, 6) is -1.60. The van der Waals surface area contributed by atoms with Crippen LogP contribution in [0.25, 0.3) is 0 Å². The number of methoxy groups -OCH3 is 1. The highest BCUT2D eigenvalue weighted by Gasteiger charge is 2.19. The molecule has 1 rings (SSSR count). The summed E-state index contributed by atoms with van der Waals surface area (Å²) >= 11 is 0. The summed E-state index contributed by atoms with van der Waals surface area (Å²) in [5.41, 5.74) is -0.302. The first-order valence-corrected chi connectivity index (χ1v) is 6.57. The van der Waals surface area contributed by atoms with Gasteiger partial charge in [0.1, 0.15) is 12.2 Å². The van der Waals surface area contributed by atoms with Crippen molar-refractivity contribution >= 4 is 11.9 Å². The maximum absolute atomic E-state index is 12.3. The van der Waals surface area contributed by atoms with E-state index in [-0.39, 0.29) is 17.8 Å². The Morgan fingerprint density at radius 2 is 2.14 bits per heavy atom. The van der Waals surface area contributed by atoms with Crippen LogP contribution in [-0.2, 0) is 16.1 Å². The number of carboxylic acid groups (broad SMARTS) is 1. The molecule has 0 fully saturated rings. The Morgan fingerprint density at radius 1 is 1.43 bits per heavy atom. The van der Waals surface area contributed by atoms with E-state index in [4.69, 9.17) is 9.84 Å². The lowest BCUT2D eigenvalue weighted by molar-refractivity contribution is -0.137. The lowest BCUT2D eigenvalue weighted by atomic mass is 10.3. The Balaban J connectivity index is 2.98. The summed E-state index contributed by atoms with van der Waals surface area (Å²) < 4.78 is 5.99. The minimum Gasteiger partial charge on any atom is -0.480 e. The molecule has 0 spiro atoms. The monoisotopic (exact) mass is 297 g/mol. The third-order valence-corrected chi connectivity index (χ3v) is 2.70. The molecule has 1 heterocycles. The number of hydrogen-bond acceptors (Lipinski definition) is 5. The Labute approximate surface area is 121 Å². The largest absolute Gasteiger partial charge is 0.480 e. The minimum absolute atomic E-state index is 0.0420. The van der Waals surface area contributed by atoms with Crippen LogP contribution in [0.4, 0.5) is 0 Å². The van der Waals surface area contributed by atoms with Crippen molar-refractivity contribution in [3.05, 3.63) is 28.2 Å². The predicted octanol–water partition coefficient (Wildman–Crippen LogP) is -0.173.